The van der Waals surface area contributed by atoms with Gasteiger partial charge in [0.1, 0.15) is 6.04 Å². The summed E-state index contributed by atoms with van der Waals surface area (Å²) >= 11 is 13.1. The molecule has 0 radical (unpaired) electrons. The number of likely N-dealkylation sites (tertiary alicyclic amines) is 1. The SMILES string of the molecule is O=C(NC1CCCCC1)[C@H](Cc1ccccc1)N(Cc1c(Cl)cccc1Cl)C(=O)CCN1C(=O)[C@H]2CC=CC[C@H]2C1=O. The van der Waals surface area contributed by atoms with Crippen LogP contribution in [0.4, 0.5) is 0 Å². The number of halogens is 2. The lowest BCUT2D eigenvalue weighted by Gasteiger charge is -2.34. The molecule has 2 aromatic carbocycles. The summed E-state index contributed by atoms with van der Waals surface area (Å²) in [5, 5.41) is 4.00. The van der Waals surface area contributed by atoms with Crippen molar-refractivity contribution in [3.05, 3.63) is 81.9 Å². The molecule has 0 spiro atoms. The largest absolute Gasteiger partial charge is 0.352 e. The zero-order valence-electron chi connectivity index (χ0n) is 23.6. The normalized spacial score (nSPS) is 21.2. The molecule has 2 aliphatic carbocycles. The Morgan fingerprint density at radius 2 is 1.50 bits per heavy atom. The number of allylic oxidation sites excluding steroid dienone is 2. The summed E-state index contributed by atoms with van der Waals surface area (Å²) in [6.07, 6.45) is 10.2. The Labute approximate surface area is 257 Å². The molecule has 3 aliphatic rings. The second kappa shape index (κ2) is 13.9. The van der Waals surface area contributed by atoms with Crippen molar-refractivity contribution in [2.24, 2.45) is 11.8 Å². The van der Waals surface area contributed by atoms with Crippen molar-refractivity contribution in [2.45, 2.75) is 76.4 Å². The average molecular weight is 611 g/mol. The highest BCUT2D eigenvalue weighted by Crippen LogP contribution is 2.35. The molecular formula is C33H37Cl2N3O4. The predicted octanol–water partition coefficient (Wildman–Crippen LogP) is 5.72. The molecule has 9 heteroatoms. The van der Waals surface area contributed by atoms with Crippen LogP contribution in [0.2, 0.25) is 10.0 Å². The van der Waals surface area contributed by atoms with Crippen molar-refractivity contribution in [3.63, 3.8) is 0 Å². The van der Waals surface area contributed by atoms with Gasteiger partial charge in [-0.15, -0.1) is 0 Å². The van der Waals surface area contributed by atoms with Gasteiger partial charge in [0.25, 0.3) is 0 Å². The minimum absolute atomic E-state index is 0.0178. The van der Waals surface area contributed by atoms with Crippen LogP contribution in [-0.4, -0.2) is 52.1 Å². The maximum absolute atomic E-state index is 14.1. The summed E-state index contributed by atoms with van der Waals surface area (Å²) in [5.41, 5.74) is 1.45. The van der Waals surface area contributed by atoms with E-state index in [0.717, 1.165) is 37.7 Å². The fourth-order valence-corrected chi connectivity index (χ4v) is 6.91. The van der Waals surface area contributed by atoms with Crippen LogP contribution < -0.4 is 5.32 Å². The molecule has 1 heterocycles. The third-order valence-electron chi connectivity index (χ3n) is 8.76. The molecular weight excluding hydrogens is 573 g/mol. The lowest BCUT2D eigenvalue weighted by atomic mass is 9.85. The van der Waals surface area contributed by atoms with Gasteiger partial charge in [0.15, 0.2) is 0 Å². The third kappa shape index (κ3) is 6.90. The number of fused-ring (bicyclic) bond motifs is 1. The fourth-order valence-electron chi connectivity index (χ4n) is 6.39. The van der Waals surface area contributed by atoms with Gasteiger partial charge in [-0.25, -0.2) is 0 Å². The fraction of sp³-hybridized carbons (Fsp3) is 0.455. The van der Waals surface area contributed by atoms with E-state index in [4.69, 9.17) is 23.2 Å². The number of carbonyl (C=O) groups excluding carboxylic acids is 4. The Kier molecular flexibility index (Phi) is 10.0. The van der Waals surface area contributed by atoms with Gasteiger partial charge in [-0.1, -0.05) is 91.0 Å². The summed E-state index contributed by atoms with van der Waals surface area (Å²) in [7, 11) is 0. The average Bonchev–Trinajstić information content (AvgIpc) is 3.24. The van der Waals surface area contributed by atoms with Crippen LogP contribution in [0.3, 0.4) is 0 Å². The maximum atomic E-state index is 14.1. The van der Waals surface area contributed by atoms with E-state index >= 15 is 0 Å². The molecule has 222 valence electrons. The molecule has 7 nitrogen and oxygen atoms in total. The summed E-state index contributed by atoms with van der Waals surface area (Å²) < 4.78 is 0. The number of benzene rings is 2. The van der Waals surface area contributed by atoms with Crippen molar-refractivity contribution >= 4 is 46.8 Å². The number of hydrogen-bond acceptors (Lipinski definition) is 4. The number of nitrogens with zero attached hydrogens (tertiary/aromatic N) is 2. The van der Waals surface area contributed by atoms with E-state index in [9.17, 15) is 19.2 Å². The Morgan fingerprint density at radius 3 is 2.12 bits per heavy atom. The van der Waals surface area contributed by atoms with Crippen molar-refractivity contribution in [3.8, 4) is 0 Å². The van der Waals surface area contributed by atoms with Crippen LogP contribution in [0.1, 0.15) is 62.5 Å². The van der Waals surface area contributed by atoms with E-state index in [1.807, 2.05) is 42.5 Å². The van der Waals surface area contributed by atoms with Gasteiger partial charge < -0.3 is 10.2 Å². The van der Waals surface area contributed by atoms with Gasteiger partial charge in [-0.3, -0.25) is 24.1 Å². The lowest BCUT2D eigenvalue weighted by Crippen LogP contribution is -2.53. The molecule has 1 N–H and O–H groups in total. The van der Waals surface area contributed by atoms with Gasteiger partial charge in [-0.2, -0.15) is 0 Å². The highest BCUT2D eigenvalue weighted by Gasteiger charge is 2.47. The molecule has 1 saturated heterocycles. The summed E-state index contributed by atoms with van der Waals surface area (Å²) in [5.74, 6) is -1.74. The van der Waals surface area contributed by atoms with Gasteiger partial charge >= 0.3 is 0 Å². The molecule has 0 aromatic heterocycles. The van der Waals surface area contributed by atoms with Crippen LogP contribution in [0.15, 0.2) is 60.7 Å². The minimum Gasteiger partial charge on any atom is -0.352 e. The van der Waals surface area contributed by atoms with Gasteiger partial charge in [0, 0.05) is 47.6 Å². The Morgan fingerprint density at radius 1 is 0.881 bits per heavy atom. The van der Waals surface area contributed by atoms with Crippen molar-refractivity contribution in [1.82, 2.24) is 15.1 Å². The van der Waals surface area contributed by atoms with Crippen LogP contribution in [0, 0.1) is 11.8 Å². The molecule has 5 rings (SSSR count). The number of carbonyl (C=O) groups is 4. The minimum atomic E-state index is -0.842. The van der Waals surface area contributed by atoms with Gasteiger partial charge in [-0.05, 0) is 43.4 Å². The molecule has 4 amide bonds. The van der Waals surface area contributed by atoms with Crippen LogP contribution in [0.25, 0.3) is 0 Å². The van der Waals surface area contributed by atoms with Crippen LogP contribution in [0.5, 0.6) is 0 Å². The number of nitrogens with one attached hydrogen (secondary N) is 1. The first-order valence-corrected chi connectivity index (χ1v) is 15.7. The first kappa shape index (κ1) is 30.3. The standard InChI is InChI=1S/C33H37Cl2N3O4/c34-27-16-9-17-28(35)26(27)21-38(30(39)18-19-37-32(41)24-14-7-8-15-25(24)33(37)42)29(20-22-10-3-1-4-11-22)31(40)36-23-12-5-2-6-13-23/h1,3-4,7-11,16-17,23-25,29H,2,5-6,12-15,18-21H2,(H,36,40)/t24-,25+,29-/m0/s1. The molecule has 2 aromatic rings. The van der Waals surface area contributed by atoms with E-state index in [2.05, 4.69) is 5.32 Å². The molecule has 0 bridgehead atoms. The lowest BCUT2D eigenvalue weighted by molar-refractivity contribution is -0.144. The van der Waals surface area contributed by atoms with E-state index in [-0.39, 0.29) is 61.0 Å². The smallest absolute Gasteiger partial charge is 0.243 e. The third-order valence-corrected chi connectivity index (χ3v) is 9.47. The van der Waals surface area contributed by atoms with Crippen molar-refractivity contribution in [1.29, 1.82) is 0 Å². The van der Waals surface area contributed by atoms with E-state index in [1.165, 1.54) is 9.80 Å². The first-order valence-electron chi connectivity index (χ1n) is 14.9. The second-order valence-electron chi connectivity index (χ2n) is 11.5. The predicted molar refractivity (Wildman–Crippen MR) is 163 cm³/mol. The number of hydrogen-bond donors (Lipinski definition) is 1. The Hall–Kier alpha value is -3.16. The number of rotatable bonds is 10. The first-order chi connectivity index (χ1) is 20.3. The van der Waals surface area contributed by atoms with Crippen molar-refractivity contribution < 1.29 is 19.2 Å². The van der Waals surface area contributed by atoms with Gasteiger partial charge in [0.2, 0.25) is 23.6 Å². The Balaban J connectivity index is 1.42. The van der Waals surface area contributed by atoms with Crippen LogP contribution >= 0.6 is 23.2 Å². The maximum Gasteiger partial charge on any atom is 0.243 e. The zero-order chi connectivity index (χ0) is 29.6. The molecule has 42 heavy (non-hydrogen) atoms. The summed E-state index contributed by atoms with van der Waals surface area (Å²) in [4.78, 5) is 56.9. The number of amides is 4. The monoisotopic (exact) mass is 609 g/mol. The van der Waals surface area contributed by atoms with E-state index in [1.54, 1.807) is 18.2 Å². The molecule has 2 fully saturated rings. The topological polar surface area (TPSA) is 86.8 Å². The molecule has 0 unspecified atom stereocenters. The summed E-state index contributed by atoms with van der Waals surface area (Å²) in [6.45, 7) is -0.0114. The summed E-state index contributed by atoms with van der Waals surface area (Å²) in [6, 6.07) is 13.9. The molecule has 3 atom stereocenters. The van der Waals surface area contributed by atoms with E-state index in [0.29, 0.717) is 34.9 Å². The quantitative estimate of drug-likeness (QED) is 0.275. The second-order valence-corrected chi connectivity index (χ2v) is 12.3. The highest BCUT2D eigenvalue weighted by molar-refractivity contribution is 6.36. The number of imide groups is 1. The molecule has 1 saturated carbocycles. The Bertz CT molecular complexity index is 1300. The molecule has 1 aliphatic heterocycles. The van der Waals surface area contributed by atoms with Crippen molar-refractivity contribution in [2.75, 3.05) is 6.54 Å². The van der Waals surface area contributed by atoms with Crippen LogP contribution in [-0.2, 0) is 32.1 Å². The van der Waals surface area contributed by atoms with Gasteiger partial charge in [0.05, 0.1) is 11.8 Å². The van der Waals surface area contributed by atoms with E-state index < -0.39 is 6.04 Å². The zero-order valence-corrected chi connectivity index (χ0v) is 25.2. The highest BCUT2D eigenvalue weighted by atomic mass is 35.5.